The normalized spacial score (nSPS) is 16.5. The Balaban J connectivity index is 0.00000385. The van der Waals surface area contributed by atoms with Crippen LogP contribution in [0.25, 0.3) is 0 Å². The van der Waals surface area contributed by atoms with Crippen molar-refractivity contribution in [1.29, 1.82) is 0 Å². The lowest BCUT2D eigenvalue weighted by Crippen LogP contribution is -2.38. The summed E-state index contributed by atoms with van der Waals surface area (Å²) in [6.45, 7) is 9.83. The van der Waals surface area contributed by atoms with Gasteiger partial charge in [-0.05, 0) is 56.6 Å². The van der Waals surface area contributed by atoms with E-state index in [1.165, 1.54) is 30.6 Å². The maximum Gasteiger partial charge on any atom is 0.191 e. The minimum atomic E-state index is -0.469. The molecule has 33 heavy (non-hydrogen) atoms. The molecule has 1 unspecified atom stereocenters. The third-order valence-electron chi connectivity index (χ3n) is 5.90. The molecule has 0 bridgehead atoms. The second kappa shape index (κ2) is 15.3. The Hall–Kier alpha value is -1.68. The minimum Gasteiger partial charge on any atom is -0.388 e. The van der Waals surface area contributed by atoms with Crippen molar-refractivity contribution < 1.29 is 5.11 Å². The molecule has 2 aromatic carbocycles. The van der Waals surface area contributed by atoms with Crippen molar-refractivity contribution in [3.8, 4) is 0 Å². The quantitative estimate of drug-likeness (QED) is 0.247. The van der Waals surface area contributed by atoms with Crippen molar-refractivity contribution >= 4 is 29.9 Å². The number of halogens is 1. The van der Waals surface area contributed by atoms with Crippen LogP contribution in [0.15, 0.2) is 59.6 Å². The third-order valence-corrected chi connectivity index (χ3v) is 5.90. The fourth-order valence-electron chi connectivity index (χ4n) is 3.95. The van der Waals surface area contributed by atoms with Crippen molar-refractivity contribution in [1.82, 2.24) is 20.4 Å². The molecule has 3 N–H and O–H groups in total. The lowest BCUT2D eigenvalue weighted by Gasteiger charge is -2.20. The Morgan fingerprint density at radius 2 is 1.70 bits per heavy atom. The topological polar surface area (TPSA) is 63.1 Å². The zero-order valence-corrected chi connectivity index (χ0v) is 22.4. The van der Waals surface area contributed by atoms with Gasteiger partial charge in [-0.2, -0.15) is 0 Å². The van der Waals surface area contributed by atoms with Crippen molar-refractivity contribution in [3.05, 3.63) is 71.3 Å². The van der Waals surface area contributed by atoms with Gasteiger partial charge in [-0.25, -0.2) is 4.99 Å². The second-order valence-electron chi connectivity index (χ2n) is 8.59. The van der Waals surface area contributed by atoms with Crippen molar-refractivity contribution in [2.24, 2.45) is 4.99 Å². The molecule has 7 heteroatoms. The van der Waals surface area contributed by atoms with Gasteiger partial charge in [-0.3, -0.25) is 4.90 Å². The fourth-order valence-corrected chi connectivity index (χ4v) is 3.95. The molecule has 1 aliphatic rings. The highest BCUT2D eigenvalue weighted by Gasteiger charge is 2.12. The summed E-state index contributed by atoms with van der Waals surface area (Å²) < 4.78 is 0. The molecule has 1 atom stereocenters. The first kappa shape index (κ1) is 27.6. The van der Waals surface area contributed by atoms with E-state index in [4.69, 9.17) is 4.99 Å². The van der Waals surface area contributed by atoms with Gasteiger partial charge in [0.25, 0.3) is 0 Å². The smallest absolute Gasteiger partial charge is 0.191 e. The number of aliphatic hydroxyl groups is 1. The van der Waals surface area contributed by atoms with E-state index >= 15 is 0 Å². The van der Waals surface area contributed by atoms with Crippen LogP contribution in [0, 0.1) is 0 Å². The molecule has 0 aliphatic carbocycles. The van der Waals surface area contributed by atoms with Crippen LogP contribution in [0.2, 0.25) is 0 Å². The number of aliphatic hydroxyl groups excluding tert-OH is 1. The summed E-state index contributed by atoms with van der Waals surface area (Å²) in [5.41, 5.74) is 3.51. The average molecular weight is 566 g/mol. The lowest BCUT2D eigenvalue weighted by molar-refractivity contribution is 0.168. The van der Waals surface area contributed by atoms with E-state index in [0.29, 0.717) is 19.5 Å². The van der Waals surface area contributed by atoms with Crippen molar-refractivity contribution in [3.63, 3.8) is 0 Å². The number of nitrogens with one attached hydrogen (secondary N) is 2. The van der Waals surface area contributed by atoms with E-state index in [-0.39, 0.29) is 24.0 Å². The summed E-state index contributed by atoms with van der Waals surface area (Å²) in [6, 6.07) is 18.6. The molecule has 0 spiro atoms. The number of hydrogen-bond acceptors (Lipinski definition) is 4. The molecule has 0 saturated carbocycles. The van der Waals surface area contributed by atoms with Crippen LogP contribution in [0.3, 0.4) is 0 Å². The predicted molar refractivity (Wildman–Crippen MR) is 148 cm³/mol. The number of hydrogen-bond donors (Lipinski definition) is 3. The molecule has 1 saturated heterocycles. The van der Waals surface area contributed by atoms with Crippen LogP contribution in [0.5, 0.6) is 0 Å². The zero-order valence-electron chi connectivity index (χ0n) is 20.0. The van der Waals surface area contributed by atoms with Crippen LogP contribution in [0.1, 0.15) is 42.6 Å². The zero-order chi connectivity index (χ0) is 22.6. The SMILES string of the molecule is CCNC(=NCc1ccc(CN2CCCN(C)CC2)cc1)NCCC(O)c1ccccc1.I. The highest BCUT2D eigenvalue weighted by atomic mass is 127. The molecule has 0 amide bonds. The first-order valence-electron chi connectivity index (χ1n) is 11.9. The lowest BCUT2D eigenvalue weighted by atomic mass is 10.1. The maximum atomic E-state index is 10.3. The Kier molecular flexibility index (Phi) is 12.8. The minimum absolute atomic E-state index is 0. The molecular formula is C26H40IN5O. The monoisotopic (exact) mass is 565 g/mol. The van der Waals surface area contributed by atoms with E-state index in [1.54, 1.807) is 0 Å². The standard InChI is InChI=1S/C26H39N5O.HI/c1-3-27-26(28-15-14-25(32)24-8-5-4-6-9-24)29-20-22-10-12-23(13-11-22)21-31-17-7-16-30(2)18-19-31;/h4-6,8-13,25,32H,3,7,14-21H2,1-2H3,(H2,27,28,29);1H. The highest BCUT2D eigenvalue weighted by Crippen LogP contribution is 2.15. The van der Waals surface area contributed by atoms with E-state index in [2.05, 4.69) is 58.7 Å². The molecule has 2 aromatic rings. The van der Waals surface area contributed by atoms with E-state index in [1.807, 2.05) is 30.3 Å². The average Bonchev–Trinajstić information content (AvgIpc) is 3.02. The first-order chi connectivity index (χ1) is 15.6. The number of guanidine groups is 1. The molecule has 0 aromatic heterocycles. The molecule has 3 rings (SSSR count). The number of benzene rings is 2. The summed E-state index contributed by atoms with van der Waals surface area (Å²) in [5, 5.41) is 17.0. The van der Waals surface area contributed by atoms with Gasteiger partial charge in [-0.1, -0.05) is 54.6 Å². The van der Waals surface area contributed by atoms with Gasteiger partial charge in [0.15, 0.2) is 5.96 Å². The first-order valence-corrected chi connectivity index (χ1v) is 11.9. The molecule has 1 fully saturated rings. The highest BCUT2D eigenvalue weighted by molar-refractivity contribution is 14.0. The van der Waals surface area contributed by atoms with Crippen LogP contribution < -0.4 is 10.6 Å². The van der Waals surface area contributed by atoms with E-state index < -0.39 is 6.10 Å². The number of likely N-dealkylation sites (N-methyl/N-ethyl adjacent to an activating group) is 1. The fraction of sp³-hybridized carbons (Fsp3) is 0.500. The second-order valence-corrected chi connectivity index (χ2v) is 8.59. The molecule has 1 heterocycles. The van der Waals surface area contributed by atoms with Gasteiger partial charge < -0.3 is 20.6 Å². The van der Waals surface area contributed by atoms with Gasteiger partial charge in [0.1, 0.15) is 0 Å². The van der Waals surface area contributed by atoms with Gasteiger partial charge in [0.2, 0.25) is 0 Å². The van der Waals surface area contributed by atoms with Crippen molar-refractivity contribution in [2.45, 2.75) is 39.0 Å². The largest absolute Gasteiger partial charge is 0.388 e. The Labute approximate surface area is 216 Å². The number of aliphatic imine (C=N–C) groups is 1. The van der Waals surface area contributed by atoms with Crippen LogP contribution in [-0.4, -0.2) is 67.2 Å². The molecule has 1 aliphatic heterocycles. The third kappa shape index (κ3) is 10.00. The summed E-state index contributed by atoms with van der Waals surface area (Å²) in [7, 11) is 2.21. The molecule has 182 valence electrons. The van der Waals surface area contributed by atoms with Crippen LogP contribution in [-0.2, 0) is 13.1 Å². The van der Waals surface area contributed by atoms with Crippen LogP contribution >= 0.6 is 24.0 Å². The number of rotatable bonds is 9. The Morgan fingerprint density at radius 1 is 0.970 bits per heavy atom. The molecular weight excluding hydrogens is 525 g/mol. The van der Waals surface area contributed by atoms with Gasteiger partial charge >= 0.3 is 0 Å². The van der Waals surface area contributed by atoms with Crippen molar-refractivity contribution in [2.75, 3.05) is 46.3 Å². The van der Waals surface area contributed by atoms with E-state index in [9.17, 15) is 5.11 Å². The number of nitrogens with zero attached hydrogens (tertiary/aromatic N) is 3. The molecule has 6 nitrogen and oxygen atoms in total. The maximum absolute atomic E-state index is 10.3. The van der Waals surface area contributed by atoms with Crippen LogP contribution in [0.4, 0.5) is 0 Å². The van der Waals surface area contributed by atoms with Gasteiger partial charge in [0, 0.05) is 32.7 Å². The van der Waals surface area contributed by atoms with E-state index in [0.717, 1.165) is 37.7 Å². The summed E-state index contributed by atoms with van der Waals surface area (Å²) >= 11 is 0. The summed E-state index contributed by atoms with van der Waals surface area (Å²) in [4.78, 5) is 9.68. The molecule has 0 radical (unpaired) electrons. The van der Waals surface area contributed by atoms with Gasteiger partial charge in [-0.15, -0.1) is 24.0 Å². The summed E-state index contributed by atoms with van der Waals surface area (Å²) in [6.07, 6.45) is 1.41. The predicted octanol–water partition coefficient (Wildman–Crippen LogP) is 3.62. The van der Waals surface area contributed by atoms with Gasteiger partial charge in [0.05, 0.1) is 12.6 Å². The summed E-state index contributed by atoms with van der Waals surface area (Å²) in [5.74, 6) is 0.783. The Bertz CT molecular complexity index is 815. The Morgan fingerprint density at radius 3 is 2.42 bits per heavy atom.